The minimum atomic E-state index is -3.51. The molecule has 9 nitrogen and oxygen atoms in total. The van der Waals surface area contributed by atoms with Gasteiger partial charge in [-0.15, -0.1) is 0 Å². The lowest BCUT2D eigenvalue weighted by molar-refractivity contribution is -0.130. The Morgan fingerprint density at radius 3 is 2.58 bits per heavy atom. The predicted molar refractivity (Wildman–Crippen MR) is 120 cm³/mol. The number of nitrogens with zero attached hydrogens (tertiary/aromatic N) is 5. The van der Waals surface area contributed by atoms with Crippen LogP contribution in [-0.4, -0.2) is 67.2 Å². The molecule has 2 saturated heterocycles. The maximum atomic E-state index is 14.4. The predicted octanol–water partition coefficient (Wildman–Crippen LogP) is 1.88. The molecular weight excluding hydrogens is 447 g/mol. The zero-order valence-electron chi connectivity index (χ0n) is 18.5. The Bertz CT molecular complexity index is 1220. The van der Waals surface area contributed by atoms with Crippen LogP contribution in [0.5, 0.6) is 0 Å². The van der Waals surface area contributed by atoms with Gasteiger partial charge in [0.1, 0.15) is 17.9 Å². The van der Waals surface area contributed by atoms with Gasteiger partial charge in [-0.05, 0) is 44.4 Å². The fourth-order valence-corrected chi connectivity index (χ4v) is 5.03. The number of halogens is 1. The number of piperidine rings is 1. The smallest absolute Gasteiger partial charge is 0.245 e. The van der Waals surface area contributed by atoms with E-state index >= 15 is 0 Å². The summed E-state index contributed by atoms with van der Waals surface area (Å²) in [5, 5.41) is 12.3. The molecule has 1 aromatic carbocycles. The lowest BCUT2D eigenvalue weighted by Gasteiger charge is -2.37. The van der Waals surface area contributed by atoms with Gasteiger partial charge >= 0.3 is 0 Å². The minimum Gasteiger partial charge on any atom is -0.371 e. The van der Waals surface area contributed by atoms with Crippen molar-refractivity contribution in [1.82, 2.24) is 14.9 Å². The normalized spacial score (nSPS) is 19.6. The van der Waals surface area contributed by atoms with E-state index in [0.717, 1.165) is 25.2 Å². The molecule has 174 valence electrons. The summed E-state index contributed by atoms with van der Waals surface area (Å²) in [5.41, 5.74) is 1.10. The van der Waals surface area contributed by atoms with Crippen molar-refractivity contribution in [1.29, 1.82) is 5.26 Å². The van der Waals surface area contributed by atoms with Crippen LogP contribution in [0.1, 0.15) is 30.7 Å². The summed E-state index contributed by atoms with van der Waals surface area (Å²) < 4.78 is 37.6. The van der Waals surface area contributed by atoms with Crippen LogP contribution < -0.4 is 10.2 Å². The third-order valence-corrected chi connectivity index (χ3v) is 7.23. The fraction of sp³-hybridized carbons (Fsp3) is 0.455. The Labute approximate surface area is 192 Å². The van der Waals surface area contributed by atoms with Crippen LogP contribution in [0.4, 0.5) is 15.9 Å². The second-order valence-electron chi connectivity index (χ2n) is 8.44. The van der Waals surface area contributed by atoms with Gasteiger partial charge in [-0.3, -0.25) is 4.79 Å². The molecule has 2 aliphatic rings. The largest absolute Gasteiger partial charge is 0.371 e. The van der Waals surface area contributed by atoms with Gasteiger partial charge < -0.3 is 15.1 Å². The van der Waals surface area contributed by atoms with Crippen molar-refractivity contribution in [3.63, 3.8) is 0 Å². The fourth-order valence-electron chi connectivity index (χ4n) is 4.40. The quantitative estimate of drug-likeness (QED) is 0.701. The van der Waals surface area contributed by atoms with Crippen LogP contribution in [0.25, 0.3) is 0 Å². The van der Waals surface area contributed by atoms with Crippen LogP contribution in [0, 0.1) is 24.1 Å². The molecule has 2 fully saturated rings. The lowest BCUT2D eigenvalue weighted by atomic mass is 10.0. The Morgan fingerprint density at radius 1 is 1.21 bits per heavy atom. The average molecular weight is 473 g/mol. The summed E-state index contributed by atoms with van der Waals surface area (Å²) in [6.07, 6.45) is 4.66. The van der Waals surface area contributed by atoms with Crippen molar-refractivity contribution in [2.45, 2.75) is 43.2 Å². The van der Waals surface area contributed by atoms with E-state index in [1.165, 1.54) is 12.1 Å². The Morgan fingerprint density at radius 2 is 1.94 bits per heavy atom. The minimum absolute atomic E-state index is 0.0574. The summed E-state index contributed by atoms with van der Waals surface area (Å²) >= 11 is 0. The number of benzene rings is 1. The molecule has 0 radical (unpaired) electrons. The number of nitrogens with one attached hydrogen (secondary N) is 1. The maximum Gasteiger partial charge on any atom is 0.245 e. The Kier molecular flexibility index (Phi) is 6.21. The third-order valence-electron chi connectivity index (χ3n) is 6.12. The first-order chi connectivity index (χ1) is 15.7. The molecule has 1 aromatic heterocycles. The van der Waals surface area contributed by atoms with E-state index in [-0.39, 0.29) is 22.5 Å². The summed E-state index contributed by atoms with van der Waals surface area (Å²) in [6.45, 7) is 3.66. The van der Waals surface area contributed by atoms with E-state index in [0.29, 0.717) is 43.3 Å². The molecule has 1 amide bonds. The standard InChI is InChI=1S/C22H25FN6O3S/c1-14-13-25-21(20(12-24)26-14)28-8-5-15(6-9-28)29-10-7-19(22(29)30)27-18-4-3-16(11-17(18)23)33(2,31)32/h3-4,11,13,15,19,27H,5-10H2,1-2H3. The van der Waals surface area contributed by atoms with Crippen molar-refractivity contribution in [3.05, 3.63) is 41.6 Å². The van der Waals surface area contributed by atoms with Crippen LogP contribution in [-0.2, 0) is 14.6 Å². The van der Waals surface area contributed by atoms with Gasteiger partial charge in [-0.2, -0.15) is 5.26 Å². The molecule has 0 bridgehead atoms. The molecule has 1 N–H and O–H groups in total. The van der Waals surface area contributed by atoms with Crippen LogP contribution in [0.3, 0.4) is 0 Å². The molecule has 0 spiro atoms. The van der Waals surface area contributed by atoms with Gasteiger partial charge in [0.2, 0.25) is 5.91 Å². The average Bonchev–Trinajstić information content (AvgIpc) is 3.14. The van der Waals surface area contributed by atoms with Gasteiger partial charge in [0.05, 0.1) is 22.5 Å². The monoisotopic (exact) mass is 472 g/mol. The van der Waals surface area contributed by atoms with Crippen molar-refractivity contribution >= 4 is 27.2 Å². The molecule has 1 atom stereocenters. The van der Waals surface area contributed by atoms with Gasteiger partial charge in [-0.25, -0.2) is 22.8 Å². The maximum absolute atomic E-state index is 14.4. The van der Waals surface area contributed by atoms with E-state index in [9.17, 15) is 22.9 Å². The number of rotatable bonds is 5. The molecule has 3 heterocycles. The lowest BCUT2D eigenvalue weighted by Crippen LogP contribution is -2.47. The molecule has 4 rings (SSSR count). The number of anilines is 2. The van der Waals surface area contributed by atoms with Crippen LogP contribution in [0.15, 0.2) is 29.3 Å². The van der Waals surface area contributed by atoms with Crippen LogP contribution in [0.2, 0.25) is 0 Å². The second-order valence-corrected chi connectivity index (χ2v) is 10.5. The number of aromatic nitrogens is 2. The van der Waals surface area contributed by atoms with Gasteiger partial charge in [0.15, 0.2) is 21.3 Å². The number of nitriles is 1. The summed E-state index contributed by atoms with van der Waals surface area (Å²) in [6, 6.07) is 5.25. The van der Waals surface area contributed by atoms with Crippen molar-refractivity contribution < 1.29 is 17.6 Å². The van der Waals surface area contributed by atoms with Crippen molar-refractivity contribution in [2.75, 3.05) is 36.1 Å². The molecular formula is C22H25FN6O3S. The Balaban J connectivity index is 1.38. The Hall–Kier alpha value is -3.26. The molecule has 0 saturated carbocycles. The highest BCUT2D eigenvalue weighted by atomic mass is 32.2. The topological polar surface area (TPSA) is 119 Å². The number of amides is 1. The SMILES string of the molecule is Cc1cnc(N2CCC(N3CCC(Nc4ccc(S(C)(=O)=O)cc4F)C3=O)CC2)c(C#N)n1. The second kappa shape index (κ2) is 8.94. The highest BCUT2D eigenvalue weighted by Gasteiger charge is 2.37. The zero-order chi connectivity index (χ0) is 23.8. The number of likely N-dealkylation sites (tertiary alicyclic amines) is 1. The molecule has 0 aliphatic carbocycles. The summed E-state index contributed by atoms with van der Waals surface area (Å²) in [4.78, 5) is 25.4. The van der Waals surface area contributed by atoms with E-state index < -0.39 is 21.7 Å². The van der Waals surface area contributed by atoms with Crippen molar-refractivity contribution in [2.24, 2.45) is 0 Å². The van der Waals surface area contributed by atoms with Gasteiger partial charge in [0.25, 0.3) is 0 Å². The van der Waals surface area contributed by atoms with Crippen molar-refractivity contribution in [3.8, 4) is 6.07 Å². The third kappa shape index (κ3) is 4.75. The molecule has 2 aliphatic heterocycles. The molecule has 1 unspecified atom stereocenters. The van der Waals surface area contributed by atoms with E-state index in [2.05, 4.69) is 21.4 Å². The first-order valence-electron chi connectivity index (χ1n) is 10.7. The van der Waals surface area contributed by atoms with Gasteiger partial charge in [-0.1, -0.05) is 0 Å². The molecule has 2 aromatic rings. The van der Waals surface area contributed by atoms with E-state index in [1.807, 2.05) is 9.80 Å². The highest BCUT2D eigenvalue weighted by molar-refractivity contribution is 7.90. The number of hydrogen-bond acceptors (Lipinski definition) is 8. The number of sulfone groups is 1. The van der Waals surface area contributed by atoms with E-state index in [1.54, 1.807) is 13.1 Å². The number of hydrogen-bond donors (Lipinski definition) is 1. The van der Waals surface area contributed by atoms with Crippen LogP contribution >= 0.6 is 0 Å². The van der Waals surface area contributed by atoms with Gasteiger partial charge in [0, 0.05) is 31.9 Å². The first-order valence-corrected chi connectivity index (χ1v) is 12.6. The highest BCUT2D eigenvalue weighted by Crippen LogP contribution is 2.28. The summed E-state index contributed by atoms with van der Waals surface area (Å²) in [5.74, 6) is -0.222. The number of aryl methyl sites for hydroxylation is 1. The first kappa shape index (κ1) is 22.9. The van der Waals surface area contributed by atoms with E-state index in [4.69, 9.17) is 0 Å². The molecule has 11 heteroatoms. The number of carbonyl (C=O) groups is 1. The summed E-state index contributed by atoms with van der Waals surface area (Å²) in [7, 11) is -3.51. The number of carbonyl (C=O) groups excluding carboxylic acids is 1. The zero-order valence-corrected chi connectivity index (χ0v) is 19.3. The molecule has 33 heavy (non-hydrogen) atoms.